The highest BCUT2D eigenvalue weighted by atomic mass is 19.1. The van der Waals surface area contributed by atoms with Gasteiger partial charge in [0, 0.05) is 6.20 Å². The molecule has 1 unspecified atom stereocenters. The SMILES string of the molecule is CCCNC(c1cncc(F)c1)c1ccco1. The van der Waals surface area contributed by atoms with Crippen molar-refractivity contribution in [1.82, 2.24) is 10.3 Å². The number of halogens is 1. The summed E-state index contributed by atoms with van der Waals surface area (Å²) in [5.74, 6) is 0.434. The van der Waals surface area contributed by atoms with Crippen LogP contribution in [0.5, 0.6) is 0 Å². The molecule has 0 spiro atoms. The minimum atomic E-state index is -0.336. The maximum absolute atomic E-state index is 13.2. The van der Waals surface area contributed by atoms with Gasteiger partial charge in [-0.25, -0.2) is 4.39 Å². The fourth-order valence-electron chi connectivity index (χ4n) is 1.71. The van der Waals surface area contributed by atoms with Gasteiger partial charge in [-0.3, -0.25) is 4.98 Å². The minimum Gasteiger partial charge on any atom is -0.467 e. The molecule has 1 atom stereocenters. The molecule has 2 heterocycles. The second-order valence-corrected chi connectivity index (χ2v) is 3.84. The Hall–Kier alpha value is -1.68. The van der Waals surface area contributed by atoms with Gasteiger partial charge in [0.2, 0.25) is 0 Å². The van der Waals surface area contributed by atoms with Crippen molar-refractivity contribution in [3.63, 3.8) is 0 Å². The average Bonchev–Trinajstić information content (AvgIpc) is 2.83. The van der Waals surface area contributed by atoms with Gasteiger partial charge < -0.3 is 9.73 Å². The van der Waals surface area contributed by atoms with Crippen molar-refractivity contribution in [2.24, 2.45) is 0 Å². The van der Waals surface area contributed by atoms with Crippen LogP contribution in [-0.4, -0.2) is 11.5 Å². The summed E-state index contributed by atoms with van der Waals surface area (Å²) in [6.45, 7) is 2.91. The average molecular weight is 234 g/mol. The molecule has 2 aromatic rings. The number of furan rings is 1. The fraction of sp³-hybridized carbons (Fsp3) is 0.308. The van der Waals surface area contributed by atoms with Crippen molar-refractivity contribution >= 4 is 0 Å². The molecule has 0 saturated heterocycles. The van der Waals surface area contributed by atoms with Gasteiger partial charge in [-0.1, -0.05) is 6.92 Å². The first-order valence-electron chi connectivity index (χ1n) is 5.68. The molecule has 2 aromatic heterocycles. The zero-order valence-electron chi connectivity index (χ0n) is 9.69. The predicted molar refractivity (Wildman–Crippen MR) is 63.0 cm³/mol. The molecule has 0 aromatic carbocycles. The first-order chi connectivity index (χ1) is 8.31. The quantitative estimate of drug-likeness (QED) is 0.864. The summed E-state index contributed by atoms with van der Waals surface area (Å²) >= 11 is 0. The molecule has 90 valence electrons. The molecule has 2 rings (SSSR count). The third kappa shape index (κ3) is 2.91. The molecule has 0 aliphatic carbocycles. The highest BCUT2D eigenvalue weighted by molar-refractivity contribution is 5.24. The highest BCUT2D eigenvalue weighted by Gasteiger charge is 2.16. The van der Waals surface area contributed by atoms with Crippen molar-refractivity contribution in [2.75, 3.05) is 6.54 Å². The number of nitrogens with zero attached hydrogens (tertiary/aromatic N) is 1. The Kier molecular flexibility index (Phi) is 3.88. The Balaban J connectivity index is 2.27. The molecule has 3 nitrogen and oxygen atoms in total. The Bertz CT molecular complexity index is 456. The Morgan fingerprint density at radius 2 is 2.35 bits per heavy atom. The second-order valence-electron chi connectivity index (χ2n) is 3.84. The molecular weight excluding hydrogens is 219 g/mol. The fourth-order valence-corrected chi connectivity index (χ4v) is 1.71. The lowest BCUT2D eigenvalue weighted by Crippen LogP contribution is -2.23. The number of hydrogen-bond donors (Lipinski definition) is 1. The standard InChI is InChI=1S/C13H15FN2O/c1-2-5-16-13(12-4-3-6-17-12)10-7-11(14)9-15-8-10/h3-4,6-9,13,16H,2,5H2,1H3. The van der Waals surface area contributed by atoms with Crippen molar-refractivity contribution in [2.45, 2.75) is 19.4 Å². The van der Waals surface area contributed by atoms with E-state index in [1.807, 2.05) is 12.1 Å². The van der Waals surface area contributed by atoms with Crippen LogP contribution in [0.3, 0.4) is 0 Å². The number of pyridine rings is 1. The molecule has 4 heteroatoms. The molecule has 0 aliphatic rings. The van der Waals surface area contributed by atoms with Crippen molar-refractivity contribution < 1.29 is 8.81 Å². The third-order valence-electron chi connectivity index (χ3n) is 2.49. The van der Waals surface area contributed by atoms with Crippen LogP contribution >= 0.6 is 0 Å². The maximum atomic E-state index is 13.2. The summed E-state index contributed by atoms with van der Waals surface area (Å²) in [6, 6.07) is 5.03. The van der Waals surface area contributed by atoms with Gasteiger partial charge in [-0.15, -0.1) is 0 Å². The van der Waals surface area contributed by atoms with Crippen LogP contribution in [0.4, 0.5) is 4.39 Å². The molecule has 0 aliphatic heterocycles. The lowest BCUT2D eigenvalue weighted by atomic mass is 10.1. The second kappa shape index (κ2) is 5.59. The van der Waals surface area contributed by atoms with Crippen LogP contribution in [0.15, 0.2) is 41.3 Å². The smallest absolute Gasteiger partial charge is 0.141 e. The summed E-state index contributed by atoms with van der Waals surface area (Å²) < 4.78 is 18.5. The Labute approximate surface area is 99.7 Å². The number of rotatable bonds is 5. The van der Waals surface area contributed by atoms with Gasteiger partial charge in [-0.05, 0) is 36.7 Å². The number of hydrogen-bond acceptors (Lipinski definition) is 3. The molecular formula is C13H15FN2O. The zero-order chi connectivity index (χ0) is 12.1. The van der Waals surface area contributed by atoms with E-state index >= 15 is 0 Å². The van der Waals surface area contributed by atoms with Gasteiger partial charge in [-0.2, -0.15) is 0 Å². The predicted octanol–water partition coefficient (Wildman–Crippen LogP) is 2.90. The minimum absolute atomic E-state index is 0.145. The number of aromatic nitrogens is 1. The van der Waals surface area contributed by atoms with Crippen LogP contribution in [0.2, 0.25) is 0 Å². The Morgan fingerprint density at radius 1 is 1.47 bits per heavy atom. The molecule has 17 heavy (non-hydrogen) atoms. The highest BCUT2D eigenvalue weighted by Crippen LogP contribution is 2.22. The van der Waals surface area contributed by atoms with Crippen molar-refractivity contribution in [3.05, 3.63) is 54.0 Å². The van der Waals surface area contributed by atoms with E-state index in [0.29, 0.717) is 0 Å². The Morgan fingerprint density at radius 3 is 3.00 bits per heavy atom. The van der Waals surface area contributed by atoms with Crippen LogP contribution in [0.25, 0.3) is 0 Å². The van der Waals surface area contributed by atoms with E-state index in [0.717, 1.165) is 24.3 Å². The third-order valence-corrected chi connectivity index (χ3v) is 2.49. The van der Waals surface area contributed by atoms with Crippen molar-refractivity contribution in [3.8, 4) is 0 Å². The molecule has 0 fully saturated rings. The van der Waals surface area contributed by atoms with Gasteiger partial charge in [0.15, 0.2) is 0 Å². The van der Waals surface area contributed by atoms with E-state index < -0.39 is 0 Å². The van der Waals surface area contributed by atoms with Crippen molar-refractivity contribution in [1.29, 1.82) is 0 Å². The van der Waals surface area contributed by atoms with E-state index in [2.05, 4.69) is 17.2 Å². The van der Waals surface area contributed by atoms with Crippen LogP contribution < -0.4 is 5.32 Å². The summed E-state index contributed by atoms with van der Waals surface area (Å²) in [6.07, 6.45) is 5.46. The van der Waals surface area contributed by atoms with Crippen LogP contribution in [0.1, 0.15) is 30.7 Å². The van der Waals surface area contributed by atoms with E-state index in [9.17, 15) is 4.39 Å². The molecule has 0 bridgehead atoms. The number of nitrogens with one attached hydrogen (secondary N) is 1. The largest absolute Gasteiger partial charge is 0.467 e. The molecule has 0 amide bonds. The first kappa shape index (κ1) is 11.8. The monoisotopic (exact) mass is 234 g/mol. The molecule has 0 saturated carbocycles. The van der Waals surface area contributed by atoms with E-state index in [1.54, 1.807) is 12.5 Å². The summed E-state index contributed by atoms with van der Waals surface area (Å²) in [5.41, 5.74) is 0.772. The first-order valence-corrected chi connectivity index (χ1v) is 5.68. The zero-order valence-corrected chi connectivity index (χ0v) is 9.69. The van der Waals surface area contributed by atoms with E-state index in [-0.39, 0.29) is 11.9 Å². The van der Waals surface area contributed by atoms with Gasteiger partial charge in [0.1, 0.15) is 11.6 Å². The molecule has 1 N–H and O–H groups in total. The summed E-state index contributed by atoms with van der Waals surface area (Å²) in [7, 11) is 0. The lowest BCUT2D eigenvalue weighted by molar-refractivity contribution is 0.445. The van der Waals surface area contributed by atoms with Crippen LogP contribution in [0, 0.1) is 5.82 Å². The lowest BCUT2D eigenvalue weighted by Gasteiger charge is -2.16. The van der Waals surface area contributed by atoms with Gasteiger partial charge in [0.25, 0.3) is 0 Å². The summed E-state index contributed by atoms with van der Waals surface area (Å²) in [5, 5.41) is 3.31. The van der Waals surface area contributed by atoms with E-state index in [1.165, 1.54) is 12.3 Å². The van der Waals surface area contributed by atoms with Gasteiger partial charge >= 0.3 is 0 Å². The molecule has 0 radical (unpaired) electrons. The van der Waals surface area contributed by atoms with Crippen LogP contribution in [-0.2, 0) is 0 Å². The maximum Gasteiger partial charge on any atom is 0.141 e. The summed E-state index contributed by atoms with van der Waals surface area (Å²) in [4.78, 5) is 3.87. The topological polar surface area (TPSA) is 38.1 Å². The normalized spacial score (nSPS) is 12.6. The van der Waals surface area contributed by atoms with E-state index in [4.69, 9.17) is 4.42 Å². The van der Waals surface area contributed by atoms with Gasteiger partial charge in [0.05, 0.1) is 18.5 Å².